The monoisotopic (exact) mass is 674 g/mol. The first-order valence-corrected chi connectivity index (χ1v) is 18.1. The van der Waals surface area contributed by atoms with Crippen molar-refractivity contribution < 1.29 is 59.2 Å². The lowest BCUT2D eigenvalue weighted by atomic mass is 9.44. The minimum atomic E-state index is -2.64. The van der Waals surface area contributed by atoms with Gasteiger partial charge >= 0.3 is 23.7 Å². The number of rotatable bonds is 7. The quantitative estimate of drug-likeness (QED) is 0.169. The van der Waals surface area contributed by atoms with Crippen molar-refractivity contribution in [1.29, 1.82) is 0 Å². The molecule has 266 valence electrons. The average Bonchev–Trinajstić information content (AvgIpc) is 2.80. The van der Waals surface area contributed by atoms with Crippen molar-refractivity contribution in [2.75, 3.05) is 0 Å². The molecule has 12 heteroatoms. The van der Waals surface area contributed by atoms with Crippen LogP contribution in [0.4, 0.5) is 0 Å². The first kappa shape index (κ1) is 32.1. The third-order valence-corrected chi connectivity index (χ3v) is 14.4. The summed E-state index contributed by atoms with van der Waals surface area (Å²) >= 11 is 0. The normalized spacial score (nSPS) is 56.2. The van der Waals surface area contributed by atoms with E-state index in [0.29, 0.717) is 38.5 Å². The van der Waals surface area contributed by atoms with Crippen LogP contribution in [0.3, 0.4) is 0 Å². The summed E-state index contributed by atoms with van der Waals surface area (Å²) < 4.78 is 18.7. The largest absolute Gasteiger partial charge is 0.453 e. The molecule has 0 aromatic heterocycles. The van der Waals surface area contributed by atoms with Gasteiger partial charge in [0.2, 0.25) is 0 Å². The second-order valence-electron chi connectivity index (χ2n) is 19.6. The molecule has 12 bridgehead atoms. The summed E-state index contributed by atoms with van der Waals surface area (Å²) in [5.74, 6) is -5.42. The number of carbonyl (C=O) groups excluding carboxylic acids is 3. The van der Waals surface area contributed by atoms with E-state index in [0.717, 1.165) is 13.3 Å². The molecule has 5 unspecified atom stereocenters. The molecule has 5 atom stereocenters. The van der Waals surface area contributed by atoms with Gasteiger partial charge in [-0.1, -0.05) is 0 Å². The maximum Gasteiger partial charge on any atom is 0.394 e. The Morgan fingerprint density at radius 2 is 1.08 bits per heavy atom. The average molecular weight is 675 g/mol. The third-order valence-electron chi connectivity index (χ3n) is 14.4. The van der Waals surface area contributed by atoms with Crippen LogP contribution in [0.15, 0.2) is 0 Å². The van der Waals surface area contributed by atoms with Gasteiger partial charge in [0, 0.05) is 39.0 Å². The predicted molar refractivity (Wildman–Crippen MR) is 162 cm³/mol. The Labute approximate surface area is 279 Å². The SMILES string of the molecule is CC(=O)OC(OC(=O)CC12CC3(O)CC(O)(CC(O)(C3)C1)C2)(C(=O)OC12CC3CC(CC(O)(C3)C1)C2)C12CC3CC(O)(CC(O)(C3)C1)C2. The molecule has 6 N–H and O–H groups in total. The van der Waals surface area contributed by atoms with Gasteiger partial charge in [0.05, 0.1) is 45.4 Å². The highest BCUT2D eigenvalue weighted by atomic mass is 16.8. The van der Waals surface area contributed by atoms with E-state index < -0.39 is 73.7 Å². The Morgan fingerprint density at radius 3 is 1.56 bits per heavy atom. The van der Waals surface area contributed by atoms with Crippen molar-refractivity contribution in [3.05, 3.63) is 0 Å². The van der Waals surface area contributed by atoms with Gasteiger partial charge in [0.25, 0.3) is 0 Å². The van der Waals surface area contributed by atoms with E-state index in [2.05, 4.69) is 0 Å². The lowest BCUT2D eigenvalue weighted by molar-refractivity contribution is -0.338. The highest BCUT2D eigenvalue weighted by Crippen LogP contribution is 2.69. The molecule has 48 heavy (non-hydrogen) atoms. The van der Waals surface area contributed by atoms with E-state index in [1.807, 2.05) is 0 Å². The molecule has 0 spiro atoms. The summed E-state index contributed by atoms with van der Waals surface area (Å²) in [4.78, 5) is 42.5. The molecular weight excluding hydrogens is 624 g/mol. The molecule has 12 nitrogen and oxygen atoms in total. The zero-order valence-electron chi connectivity index (χ0n) is 27.8. The summed E-state index contributed by atoms with van der Waals surface area (Å²) in [5.41, 5.74) is -11.4. The van der Waals surface area contributed by atoms with Crippen molar-refractivity contribution in [2.45, 2.75) is 174 Å². The van der Waals surface area contributed by atoms with E-state index >= 15 is 4.79 Å². The molecule has 0 radical (unpaired) electrons. The lowest BCUT2D eigenvalue weighted by Gasteiger charge is -2.66. The van der Waals surface area contributed by atoms with Crippen LogP contribution >= 0.6 is 0 Å². The Kier molecular flexibility index (Phi) is 6.12. The van der Waals surface area contributed by atoms with Gasteiger partial charge in [-0.2, -0.15) is 0 Å². The molecule has 0 heterocycles. The van der Waals surface area contributed by atoms with Crippen LogP contribution in [0.5, 0.6) is 0 Å². The van der Waals surface area contributed by atoms with Crippen molar-refractivity contribution in [3.8, 4) is 0 Å². The second kappa shape index (κ2) is 9.14. The molecule has 12 aliphatic carbocycles. The molecule has 12 saturated carbocycles. The summed E-state index contributed by atoms with van der Waals surface area (Å²) in [6, 6.07) is 0. The van der Waals surface area contributed by atoms with Gasteiger partial charge in [-0.15, -0.1) is 0 Å². The standard InChI is InChI=1S/C36H50O12/c1-21(37)46-36(28-3-24-6-30(41,14-28)16-31(42,7-24)15-28,26(39)48-35-8-22-2-23(9-35)5-29(40,4-22)20-35)47-25(38)10-27-11-32(43)17-33(44,12-27)19-34(45,13-27)18-32/h22-24,40-45H,2-20H2,1H3. The Morgan fingerprint density at radius 1 is 0.583 bits per heavy atom. The number of ether oxygens (including phenoxy) is 3. The zero-order chi connectivity index (χ0) is 34.0. The van der Waals surface area contributed by atoms with Crippen LogP contribution in [0.1, 0.15) is 129 Å². The molecule has 12 fully saturated rings. The maximum atomic E-state index is 15.0. The first-order valence-electron chi connectivity index (χ1n) is 18.1. The van der Waals surface area contributed by atoms with E-state index in [4.69, 9.17) is 14.2 Å². The zero-order valence-corrected chi connectivity index (χ0v) is 27.8. The van der Waals surface area contributed by atoms with Crippen molar-refractivity contribution in [3.63, 3.8) is 0 Å². The summed E-state index contributed by atoms with van der Waals surface area (Å²) in [6.45, 7) is 1.12. The van der Waals surface area contributed by atoms with Gasteiger partial charge in [-0.05, 0) is 107 Å². The molecule has 12 aliphatic rings. The van der Waals surface area contributed by atoms with Gasteiger partial charge in [-0.25, -0.2) is 4.79 Å². The molecule has 12 rings (SSSR count). The van der Waals surface area contributed by atoms with Crippen LogP contribution in [-0.4, -0.2) is 93.5 Å². The van der Waals surface area contributed by atoms with E-state index in [9.17, 15) is 40.2 Å². The van der Waals surface area contributed by atoms with Crippen molar-refractivity contribution in [1.82, 2.24) is 0 Å². The molecule has 0 saturated heterocycles. The summed E-state index contributed by atoms with van der Waals surface area (Å²) in [5, 5.41) is 69.1. The van der Waals surface area contributed by atoms with Crippen molar-refractivity contribution in [2.24, 2.45) is 28.6 Å². The van der Waals surface area contributed by atoms with Crippen LogP contribution in [0.25, 0.3) is 0 Å². The number of hydrogen-bond acceptors (Lipinski definition) is 12. The third kappa shape index (κ3) is 4.71. The van der Waals surface area contributed by atoms with Gasteiger partial charge in [0.15, 0.2) is 0 Å². The predicted octanol–water partition coefficient (Wildman–Crippen LogP) is 1.81. The summed E-state index contributed by atoms with van der Waals surface area (Å²) in [6.07, 6.45) is 4.91. The van der Waals surface area contributed by atoms with E-state index in [1.165, 1.54) is 0 Å². The number of aliphatic hydroxyl groups is 6. The highest BCUT2D eigenvalue weighted by Gasteiger charge is 2.76. The van der Waals surface area contributed by atoms with Crippen LogP contribution in [0.2, 0.25) is 0 Å². The smallest absolute Gasteiger partial charge is 0.394 e. The van der Waals surface area contributed by atoms with Gasteiger partial charge < -0.3 is 44.8 Å². The van der Waals surface area contributed by atoms with E-state index in [-0.39, 0.29) is 94.8 Å². The molecular formula is C36H50O12. The topological polar surface area (TPSA) is 200 Å². The van der Waals surface area contributed by atoms with E-state index in [1.54, 1.807) is 0 Å². The number of hydrogen-bond donors (Lipinski definition) is 6. The van der Waals surface area contributed by atoms with Crippen LogP contribution in [0, 0.1) is 28.6 Å². The van der Waals surface area contributed by atoms with Gasteiger partial charge in [-0.3, -0.25) is 9.59 Å². The fourth-order valence-corrected chi connectivity index (χ4v) is 15.3. The molecule has 0 aromatic carbocycles. The van der Waals surface area contributed by atoms with Gasteiger partial charge in [0.1, 0.15) is 5.60 Å². The molecule has 0 aromatic rings. The molecule has 0 amide bonds. The van der Waals surface area contributed by atoms with Crippen molar-refractivity contribution >= 4 is 17.9 Å². The minimum absolute atomic E-state index is 0.0545. The summed E-state index contributed by atoms with van der Waals surface area (Å²) in [7, 11) is 0. The van der Waals surface area contributed by atoms with Crippen LogP contribution < -0.4 is 0 Å². The van der Waals surface area contributed by atoms with Crippen LogP contribution in [-0.2, 0) is 28.6 Å². The fourth-order valence-electron chi connectivity index (χ4n) is 15.3. The first-order chi connectivity index (χ1) is 22.1. The second-order valence-corrected chi connectivity index (χ2v) is 19.6. The fraction of sp³-hybridized carbons (Fsp3) is 0.917. The minimum Gasteiger partial charge on any atom is -0.453 e. The highest BCUT2D eigenvalue weighted by molar-refractivity contribution is 5.86. The lowest BCUT2D eigenvalue weighted by Crippen LogP contribution is -2.73. The number of carbonyl (C=O) groups is 3. The Bertz CT molecular complexity index is 1400. The molecule has 0 aliphatic heterocycles. The Balaban J connectivity index is 1.11. The Hall–Kier alpha value is -1.83. The number of esters is 3. The maximum absolute atomic E-state index is 15.0.